The lowest BCUT2D eigenvalue weighted by Gasteiger charge is -2.07. The minimum Gasteiger partial charge on any atom is -0.487 e. The number of nitrogens with two attached hydrogens (primary N) is 1. The third-order valence-electron chi connectivity index (χ3n) is 2.79. The zero-order chi connectivity index (χ0) is 13.1. The van der Waals surface area contributed by atoms with Crippen molar-refractivity contribution in [3.05, 3.63) is 60.4 Å². The molecule has 0 fully saturated rings. The van der Waals surface area contributed by atoms with Crippen molar-refractivity contribution in [1.29, 1.82) is 0 Å². The van der Waals surface area contributed by atoms with Crippen LogP contribution in [0.5, 0.6) is 5.75 Å². The van der Waals surface area contributed by atoms with E-state index in [1.165, 1.54) is 0 Å². The quantitative estimate of drug-likeness (QED) is 0.777. The molecule has 0 saturated heterocycles. The van der Waals surface area contributed by atoms with Gasteiger partial charge in [0.2, 0.25) is 0 Å². The highest BCUT2D eigenvalue weighted by Crippen LogP contribution is 2.19. The van der Waals surface area contributed by atoms with Gasteiger partial charge in [0.25, 0.3) is 0 Å². The molecule has 0 saturated carbocycles. The SMILES string of the molecule is Nc1cccc(COc2ccc3cccnc3c2)n1. The number of aromatic nitrogens is 2. The molecule has 94 valence electrons. The van der Waals surface area contributed by atoms with E-state index in [-0.39, 0.29) is 0 Å². The van der Waals surface area contributed by atoms with Crippen LogP contribution in [0, 0.1) is 0 Å². The first-order chi connectivity index (χ1) is 9.31. The second-order valence-corrected chi connectivity index (χ2v) is 4.20. The Balaban J connectivity index is 1.78. The maximum absolute atomic E-state index is 5.70. The minimum atomic E-state index is 0.392. The Labute approximate surface area is 110 Å². The van der Waals surface area contributed by atoms with Crippen LogP contribution in [-0.2, 0) is 6.61 Å². The summed E-state index contributed by atoms with van der Waals surface area (Å²) in [5.41, 5.74) is 7.35. The summed E-state index contributed by atoms with van der Waals surface area (Å²) in [6.45, 7) is 0.392. The van der Waals surface area contributed by atoms with E-state index in [0.29, 0.717) is 12.4 Å². The van der Waals surface area contributed by atoms with Gasteiger partial charge in [-0.3, -0.25) is 4.98 Å². The second kappa shape index (κ2) is 4.94. The van der Waals surface area contributed by atoms with Crippen molar-refractivity contribution in [2.45, 2.75) is 6.61 Å². The lowest BCUT2D eigenvalue weighted by molar-refractivity contribution is 0.302. The molecular formula is C15H13N3O. The first kappa shape index (κ1) is 11.5. The molecule has 4 heteroatoms. The van der Waals surface area contributed by atoms with Crippen molar-refractivity contribution in [2.75, 3.05) is 5.73 Å². The van der Waals surface area contributed by atoms with E-state index >= 15 is 0 Å². The van der Waals surface area contributed by atoms with Crippen molar-refractivity contribution in [3.8, 4) is 5.75 Å². The van der Waals surface area contributed by atoms with Crippen molar-refractivity contribution in [3.63, 3.8) is 0 Å². The summed E-state index contributed by atoms with van der Waals surface area (Å²) in [6.07, 6.45) is 1.77. The van der Waals surface area contributed by atoms with E-state index in [1.54, 1.807) is 12.3 Å². The summed E-state index contributed by atoms with van der Waals surface area (Å²) in [6, 6.07) is 15.3. The summed E-state index contributed by atoms with van der Waals surface area (Å²) >= 11 is 0. The average molecular weight is 251 g/mol. The predicted octanol–water partition coefficient (Wildman–Crippen LogP) is 2.79. The summed E-state index contributed by atoms with van der Waals surface area (Å²) in [7, 11) is 0. The lowest BCUT2D eigenvalue weighted by atomic mass is 10.2. The zero-order valence-corrected chi connectivity index (χ0v) is 10.3. The van der Waals surface area contributed by atoms with Gasteiger partial charge >= 0.3 is 0 Å². The number of ether oxygens (including phenoxy) is 1. The van der Waals surface area contributed by atoms with Crippen molar-refractivity contribution in [2.24, 2.45) is 0 Å². The number of anilines is 1. The molecule has 1 aromatic carbocycles. The van der Waals surface area contributed by atoms with E-state index in [4.69, 9.17) is 10.5 Å². The van der Waals surface area contributed by atoms with Gasteiger partial charge in [-0.2, -0.15) is 0 Å². The maximum atomic E-state index is 5.70. The van der Waals surface area contributed by atoms with Crippen LogP contribution in [0.15, 0.2) is 54.7 Å². The molecule has 4 nitrogen and oxygen atoms in total. The minimum absolute atomic E-state index is 0.392. The van der Waals surface area contributed by atoms with Crippen molar-refractivity contribution < 1.29 is 4.74 Å². The fourth-order valence-electron chi connectivity index (χ4n) is 1.87. The highest BCUT2D eigenvalue weighted by Gasteiger charge is 2.00. The van der Waals surface area contributed by atoms with Gasteiger partial charge in [0, 0.05) is 17.6 Å². The van der Waals surface area contributed by atoms with E-state index in [1.807, 2.05) is 42.5 Å². The molecule has 0 unspecified atom stereocenters. The van der Waals surface area contributed by atoms with Gasteiger partial charge in [-0.15, -0.1) is 0 Å². The van der Waals surface area contributed by atoms with E-state index < -0.39 is 0 Å². The monoisotopic (exact) mass is 251 g/mol. The third kappa shape index (κ3) is 2.63. The summed E-state index contributed by atoms with van der Waals surface area (Å²) in [5, 5.41) is 1.09. The number of nitrogens with zero attached hydrogens (tertiary/aromatic N) is 2. The Kier molecular flexibility index (Phi) is 2.98. The Hall–Kier alpha value is -2.62. The molecule has 0 atom stereocenters. The molecule has 0 aliphatic rings. The van der Waals surface area contributed by atoms with E-state index in [2.05, 4.69) is 9.97 Å². The van der Waals surface area contributed by atoms with Gasteiger partial charge in [0.15, 0.2) is 0 Å². The first-order valence-corrected chi connectivity index (χ1v) is 6.00. The molecule has 0 radical (unpaired) electrons. The molecule has 0 amide bonds. The zero-order valence-electron chi connectivity index (χ0n) is 10.3. The largest absolute Gasteiger partial charge is 0.487 e. The molecule has 2 aromatic heterocycles. The highest BCUT2D eigenvalue weighted by molar-refractivity contribution is 5.79. The normalized spacial score (nSPS) is 10.5. The smallest absolute Gasteiger partial charge is 0.130 e. The topological polar surface area (TPSA) is 61.0 Å². The Morgan fingerprint density at radius 2 is 2.00 bits per heavy atom. The molecule has 0 aliphatic carbocycles. The van der Waals surface area contributed by atoms with Crippen LogP contribution in [0.1, 0.15) is 5.69 Å². The lowest BCUT2D eigenvalue weighted by Crippen LogP contribution is -2.00. The number of hydrogen-bond acceptors (Lipinski definition) is 4. The number of pyridine rings is 2. The average Bonchev–Trinajstić information content (AvgIpc) is 2.45. The van der Waals surface area contributed by atoms with Gasteiger partial charge in [-0.1, -0.05) is 12.1 Å². The molecular weight excluding hydrogens is 238 g/mol. The Morgan fingerprint density at radius 1 is 1.05 bits per heavy atom. The molecule has 0 spiro atoms. The summed E-state index contributed by atoms with van der Waals surface area (Å²) in [5.74, 6) is 1.27. The van der Waals surface area contributed by atoms with Crippen LogP contribution >= 0.6 is 0 Å². The van der Waals surface area contributed by atoms with Gasteiger partial charge < -0.3 is 10.5 Å². The Bertz CT molecular complexity index is 712. The van der Waals surface area contributed by atoms with Crippen LogP contribution in [0.4, 0.5) is 5.82 Å². The van der Waals surface area contributed by atoms with Gasteiger partial charge in [-0.05, 0) is 30.3 Å². The van der Waals surface area contributed by atoms with Gasteiger partial charge in [0.1, 0.15) is 18.2 Å². The first-order valence-electron chi connectivity index (χ1n) is 6.00. The van der Waals surface area contributed by atoms with Crippen molar-refractivity contribution in [1.82, 2.24) is 9.97 Å². The molecule has 2 heterocycles. The fourth-order valence-corrected chi connectivity index (χ4v) is 1.87. The van der Waals surface area contributed by atoms with Crippen LogP contribution in [0.2, 0.25) is 0 Å². The standard InChI is InChI=1S/C15H13N3O/c16-15-5-1-4-12(18-15)10-19-13-7-6-11-3-2-8-17-14(11)9-13/h1-9H,10H2,(H2,16,18). The maximum Gasteiger partial charge on any atom is 0.130 e. The molecule has 3 aromatic rings. The van der Waals surface area contributed by atoms with Gasteiger partial charge in [0.05, 0.1) is 11.2 Å². The van der Waals surface area contributed by atoms with Crippen LogP contribution in [-0.4, -0.2) is 9.97 Å². The second-order valence-electron chi connectivity index (χ2n) is 4.20. The molecule has 0 bridgehead atoms. The predicted molar refractivity (Wildman–Crippen MR) is 74.7 cm³/mol. The molecule has 19 heavy (non-hydrogen) atoms. The summed E-state index contributed by atoms with van der Waals surface area (Å²) in [4.78, 5) is 8.48. The van der Waals surface area contributed by atoms with Crippen LogP contribution < -0.4 is 10.5 Å². The number of rotatable bonds is 3. The Morgan fingerprint density at radius 3 is 2.89 bits per heavy atom. The van der Waals surface area contributed by atoms with E-state index in [9.17, 15) is 0 Å². The highest BCUT2D eigenvalue weighted by atomic mass is 16.5. The third-order valence-corrected chi connectivity index (χ3v) is 2.79. The number of hydrogen-bond donors (Lipinski definition) is 1. The fraction of sp³-hybridized carbons (Fsp3) is 0.0667. The number of benzene rings is 1. The molecule has 2 N–H and O–H groups in total. The van der Waals surface area contributed by atoms with Crippen molar-refractivity contribution >= 4 is 16.7 Å². The summed E-state index contributed by atoms with van der Waals surface area (Å²) < 4.78 is 5.70. The van der Waals surface area contributed by atoms with Gasteiger partial charge in [-0.25, -0.2) is 4.98 Å². The van der Waals surface area contributed by atoms with E-state index in [0.717, 1.165) is 22.3 Å². The number of fused-ring (bicyclic) bond motifs is 1. The molecule has 3 rings (SSSR count). The molecule has 0 aliphatic heterocycles. The van der Waals surface area contributed by atoms with Crippen LogP contribution in [0.3, 0.4) is 0 Å². The van der Waals surface area contributed by atoms with Crippen LogP contribution in [0.25, 0.3) is 10.9 Å². The number of nitrogen functional groups attached to an aromatic ring is 1.